The Bertz CT molecular complexity index is 1300. The second kappa shape index (κ2) is 7.47. The van der Waals surface area contributed by atoms with E-state index in [9.17, 15) is 30.0 Å². The summed E-state index contributed by atoms with van der Waals surface area (Å²) in [4.78, 5) is 25.4. The van der Waals surface area contributed by atoms with Crippen LogP contribution in [0.2, 0.25) is 0 Å². The zero-order chi connectivity index (χ0) is 22.6. The number of phenols is 3. The molecule has 166 valence electrons. The van der Waals surface area contributed by atoms with Crippen LogP contribution in [-0.4, -0.2) is 26.4 Å². The molecule has 1 saturated carbocycles. The number of aromatic hydroxyl groups is 4. The third kappa shape index (κ3) is 3.14. The van der Waals surface area contributed by atoms with Gasteiger partial charge in [0.25, 0.3) is 0 Å². The van der Waals surface area contributed by atoms with Gasteiger partial charge in [-0.3, -0.25) is 9.59 Å². The van der Waals surface area contributed by atoms with Crippen LogP contribution in [0.3, 0.4) is 0 Å². The quantitative estimate of drug-likeness (QED) is 0.265. The van der Waals surface area contributed by atoms with Gasteiger partial charge in [0, 0.05) is 23.1 Å². The van der Waals surface area contributed by atoms with Crippen LogP contribution in [0.5, 0.6) is 28.7 Å². The van der Waals surface area contributed by atoms with Gasteiger partial charge >= 0.3 is 5.97 Å². The number of phenolic OH excluding ortho intramolecular Hbond substituents is 3. The molecule has 1 aliphatic heterocycles. The van der Waals surface area contributed by atoms with Gasteiger partial charge in [0.05, 0.1) is 6.42 Å². The van der Waals surface area contributed by atoms with Gasteiger partial charge in [-0.2, -0.15) is 0 Å². The first-order chi connectivity index (χ1) is 15.3. The smallest absolute Gasteiger partial charge is 0.311 e. The Morgan fingerprint density at radius 1 is 0.875 bits per heavy atom. The van der Waals surface area contributed by atoms with Gasteiger partial charge in [0.2, 0.25) is 11.2 Å². The summed E-state index contributed by atoms with van der Waals surface area (Å²) in [5, 5.41) is 40.3. The lowest BCUT2D eigenvalue weighted by atomic mass is 9.74. The zero-order valence-corrected chi connectivity index (χ0v) is 17.1. The van der Waals surface area contributed by atoms with Crippen molar-refractivity contribution in [3.8, 4) is 40.1 Å². The SMILES string of the molecule is O=C1C[C@H](C2CCCCC2)c2c(cc(O)c3c(=O)c(O)c(-c4ccc(O)c(O)c4)oc23)O1. The lowest BCUT2D eigenvalue weighted by Gasteiger charge is -2.33. The van der Waals surface area contributed by atoms with Crippen LogP contribution in [0.25, 0.3) is 22.3 Å². The van der Waals surface area contributed by atoms with Crippen LogP contribution in [-0.2, 0) is 4.79 Å². The fourth-order valence-electron chi connectivity index (χ4n) is 5.02. The van der Waals surface area contributed by atoms with Crippen molar-refractivity contribution in [3.05, 3.63) is 40.1 Å². The Morgan fingerprint density at radius 3 is 2.34 bits per heavy atom. The van der Waals surface area contributed by atoms with E-state index in [0.717, 1.165) is 38.2 Å². The molecule has 1 atom stereocenters. The maximum atomic E-state index is 13.0. The Kier molecular flexibility index (Phi) is 4.73. The van der Waals surface area contributed by atoms with Crippen LogP contribution in [0.1, 0.15) is 50.0 Å². The van der Waals surface area contributed by atoms with Crippen molar-refractivity contribution in [2.24, 2.45) is 5.92 Å². The first-order valence-corrected chi connectivity index (χ1v) is 10.6. The number of rotatable bonds is 2. The van der Waals surface area contributed by atoms with Crippen molar-refractivity contribution in [1.82, 2.24) is 0 Å². The van der Waals surface area contributed by atoms with Gasteiger partial charge in [-0.1, -0.05) is 19.3 Å². The van der Waals surface area contributed by atoms with Gasteiger partial charge in [-0.05, 0) is 37.0 Å². The summed E-state index contributed by atoms with van der Waals surface area (Å²) in [7, 11) is 0. The number of hydrogen-bond donors (Lipinski definition) is 4. The number of esters is 1. The molecule has 4 N–H and O–H groups in total. The van der Waals surface area contributed by atoms with Crippen LogP contribution in [0.15, 0.2) is 33.5 Å². The maximum absolute atomic E-state index is 13.0. The van der Waals surface area contributed by atoms with E-state index in [1.54, 1.807) is 0 Å². The average molecular weight is 438 g/mol. The molecule has 2 heterocycles. The van der Waals surface area contributed by atoms with Crippen LogP contribution >= 0.6 is 0 Å². The molecule has 0 spiro atoms. The molecule has 0 unspecified atom stereocenters. The third-order valence-corrected chi connectivity index (χ3v) is 6.56. The summed E-state index contributed by atoms with van der Waals surface area (Å²) >= 11 is 0. The lowest BCUT2D eigenvalue weighted by molar-refractivity contribution is -0.136. The molecule has 0 saturated heterocycles. The number of hydrogen-bond acceptors (Lipinski definition) is 8. The van der Waals surface area contributed by atoms with E-state index in [1.807, 2.05) is 0 Å². The second-order valence-corrected chi connectivity index (χ2v) is 8.51. The molecule has 8 nitrogen and oxygen atoms in total. The minimum absolute atomic E-state index is 0.0495. The van der Waals surface area contributed by atoms with Crippen LogP contribution in [0, 0.1) is 5.92 Å². The predicted octanol–water partition coefficient (Wildman–Crippen LogP) is 4.26. The average Bonchev–Trinajstić information content (AvgIpc) is 2.77. The molecule has 0 amide bonds. The number of ether oxygens (including phenoxy) is 1. The molecule has 1 fully saturated rings. The standard InChI is InChI=1S/C24H22O8/c25-14-7-6-12(8-15(14)26)23-22(30)21(29)20-16(27)10-17-19(24(20)32-23)13(9-18(28)31-17)11-4-2-1-3-5-11/h6-8,10-11,13,25-27,30H,1-5,9H2/t13-/m1/s1. The van der Waals surface area contributed by atoms with E-state index < -0.39 is 28.6 Å². The molecule has 1 aliphatic carbocycles. The van der Waals surface area contributed by atoms with Crippen molar-refractivity contribution >= 4 is 16.9 Å². The van der Waals surface area contributed by atoms with Crippen LogP contribution in [0.4, 0.5) is 0 Å². The molecular weight excluding hydrogens is 416 g/mol. The number of carbonyl (C=O) groups is 1. The van der Waals surface area contributed by atoms with E-state index in [-0.39, 0.29) is 52.0 Å². The third-order valence-electron chi connectivity index (χ3n) is 6.56. The Labute approximate surface area is 182 Å². The van der Waals surface area contributed by atoms with Gasteiger partial charge in [-0.15, -0.1) is 0 Å². The predicted molar refractivity (Wildman–Crippen MR) is 114 cm³/mol. The normalized spacial score (nSPS) is 19.0. The number of fused-ring (bicyclic) bond motifs is 3. The monoisotopic (exact) mass is 438 g/mol. The molecule has 2 aromatic carbocycles. The highest BCUT2D eigenvalue weighted by atomic mass is 16.5. The fraction of sp³-hybridized carbons (Fsp3) is 0.333. The van der Waals surface area contributed by atoms with Gasteiger partial charge in [-0.25, -0.2) is 0 Å². The summed E-state index contributed by atoms with van der Waals surface area (Å²) in [6.07, 6.45) is 5.22. The second-order valence-electron chi connectivity index (χ2n) is 8.51. The molecule has 8 heteroatoms. The molecule has 2 aliphatic rings. The Hall–Kier alpha value is -3.68. The first-order valence-electron chi connectivity index (χ1n) is 10.6. The van der Waals surface area contributed by atoms with E-state index in [4.69, 9.17) is 9.15 Å². The highest BCUT2D eigenvalue weighted by Crippen LogP contribution is 2.50. The van der Waals surface area contributed by atoms with Crippen molar-refractivity contribution in [1.29, 1.82) is 0 Å². The van der Waals surface area contributed by atoms with Crippen molar-refractivity contribution in [2.45, 2.75) is 44.4 Å². The van der Waals surface area contributed by atoms with E-state index in [1.165, 1.54) is 18.2 Å². The van der Waals surface area contributed by atoms with Gasteiger partial charge in [0.1, 0.15) is 22.5 Å². The summed E-state index contributed by atoms with van der Waals surface area (Å²) in [6, 6.07) is 4.98. The molecule has 0 radical (unpaired) electrons. The largest absolute Gasteiger partial charge is 0.507 e. The highest BCUT2D eigenvalue weighted by molar-refractivity contribution is 5.93. The molecule has 32 heavy (non-hydrogen) atoms. The van der Waals surface area contributed by atoms with E-state index >= 15 is 0 Å². The lowest BCUT2D eigenvalue weighted by Crippen LogP contribution is -2.27. The van der Waals surface area contributed by atoms with E-state index in [2.05, 4.69) is 0 Å². The Balaban J connectivity index is 1.80. The van der Waals surface area contributed by atoms with E-state index in [0.29, 0.717) is 5.56 Å². The van der Waals surface area contributed by atoms with Gasteiger partial charge in [0.15, 0.2) is 17.3 Å². The maximum Gasteiger partial charge on any atom is 0.311 e. The van der Waals surface area contributed by atoms with Gasteiger partial charge < -0.3 is 29.6 Å². The highest BCUT2D eigenvalue weighted by Gasteiger charge is 2.38. The summed E-state index contributed by atoms with van der Waals surface area (Å²) in [5.74, 6) is -2.53. The fourth-order valence-corrected chi connectivity index (χ4v) is 5.02. The van der Waals surface area contributed by atoms with Crippen molar-refractivity contribution in [3.63, 3.8) is 0 Å². The minimum Gasteiger partial charge on any atom is -0.507 e. The topological polar surface area (TPSA) is 137 Å². The molecule has 1 aromatic heterocycles. The van der Waals surface area contributed by atoms with Crippen LogP contribution < -0.4 is 10.2 Å². The first kappa shape index (κ1) is 20.2. The molecule has 3 aromatic rings. The summed E-state index contributed by atoms with van der Waals surface area (Å²) in [5.41, 5.74) is -0.0941. The minimum atomic E-state index is -0.839. The molecular formula is C24H22O8. The van der Waals surface area contributed by atoms with Crippen molar-refractivity contribution < 1.29 is 34.4 Å². The summed E-state index contributed by atoms with van der Waals surface area (Å²) in [6.45, 7) is 0. The molecule has 5 rings (SSSR count). The number of benzene rings is 2. The zero-order valence-electron chi connectivity index (χ0n) is 17.1. The number of carbonyl (C=O) groups excluding carboxylic acids is 1. The van der Waals surface area contributed by atoms with Crippen molar-refractivity contribution in [2.75, 3.05) is 0 Å². The summed E-state index contributed by atoms with van der Waals surface area (Å²) < 4.78 is 11.4. The molecule has 0 bridgehead atoms. The Morgan fingerprint density at radius 2 is 1.62 bits per heavy atom.